The van der Waals surface area contributed by atoms with Gasteiger partial charge in [-0.25, -0.2) is 8.51 Å². The van der Waals surface area contributed by atoms with Gasteiger partial charge in [0.25, 0.3) is 11.3 Å². The number of carbonyl (C=O) groups is 1. The number of hydrogen-bond acceptors (Lipinski definition) is 2. The Kier molecular flexibility index (Phi) is 6.51. The molecule has 0 saturated heterocycles. The fourth-order valence-electron chi connectivity index (χ4n) is 4.12. The van der Waals surface area contributed by atoms with Crippen LogP contribution in [0.3, 0.4) is 0 Å². The number of para-hydroxylation sites is 1. The number of benzene rings is 4. The SMILES string of the molecule is Cc1ccccc1N(c1ccc(-c2c(C)c(CC(=O)O)cc3ccc(Cl)cc23)cc1)S(=O)O. The number of nitrogens with zero attached hydrogens (tertiary/aromatic N) is 1. The van der Waals surface area contributed by atoms with Crippen molar-refractivity contribution in [3.63, 3.8) is 0 Å². The average Bonchev–Trinajstić information content (AvgIpc) is 2.76. The fourth-order valence-corrected chi connectivity index (χ4v) is 4.96. The Morgan fingerprint density at radius 1 is 1.00 bits per heavy atom. The summed E-state index contributed by atoms with van der Waals surface area (Å²) in [4.78, 5) is 11.4. The van der Waals surface area contributed by atoms with Crippen LogP contribution in [0.15, 0.2) is 72.8 Å². The molecule has 1 unspecified atom stereocenters. The molecule has 33 heavy (non-hydrogen) atoms. The zero-order valence-corrected chi connectivity index (χ0v) is 19.7. The van der Waals surface area contributed by atoms with Gasteiger partial charge in [-0.15, -0.1) is 0 Å². The lowest BCUT2D eigenvalue weighted by atomic mass is 9.89. The van der Waals surface area contributed by atoms with Gasteiger partial charge < -0.3 is 5.11 Å². The minimum Gasteiger partial charge on any atom is -0.481 e. The Bertz CT molecular complexity index is 1390. The molecule has 0 heterocycles. The van der Waals surface area contributed by atoms with Gasteiger partial charge in [-0.3, -0.25) is 9.35 Å². The number of carboxylic acid groups (broad SMARTS) is 1. The number of halogens is 1. The Labute approximate surface area is 199 Å². The molecule has 2 N–H and O–H groups in total. The van der Waals surface area contributed by atoms with Crippen LogP contribution in [-0.4, -0.2) is 19.8 Å². The van der Waals surface area contributed by atoms with Crippen LogP contribution in [0.2, 0.25) is 5.02 Å². The van der Waals surface area contributed by atoms with Crippen molar-refractivity contribution in [2.75, 3.05) is 4.31 Å². The molecule has 4 rings (SSSR count). The third-order valence-corrected chi connectivity index (χ3v) is 6.65. The topological polar surface area (TPSA) is 77.8 Å². The quantitative estimate of drug-likeness (QED) is 0.302. The first kappa shape index (κ1) is 23.0. The molecule has 0 bridgehead atoms. The summed E-state index contributed by atoms with van der Waals surface area (Å²) in [5.41, 5.74) is 5.44. The highest BCUT2D eigenvalue weighted by Gasteiger charge is 2.19. The minimum absolute atomic E-state index is 0.0833. The lowest BCUT2D eigenvalue weighted by molar-refractivity contribution is -0.136. The molecule has 0 saturated carbocycles. The maximum Gasteiger partial charge on any atom is 0.307 e. The van der Waals surface area contributed by atoms with Crippen LogP contribution in [-0.2, 0) is 22.5 Å². The van der Waals surface area contributed by atoms with Crippen molar-refractivity contribution < 1.29 is 18.7 Å². The van der Waals surface area contributed by atoms with E-state index in [1.807, 2.05) is 62.4 Å². The van der Waals surface area contributed by atoms with Crippen molar-refractivity contribution in [2.45, 2.75) is 20.3 Å². The number of aliphatic carboxylic acids is 1. The molecule has 4 aromatic carbocycles. The molecular formula is C26H22ClNO4S. The molecule has 0 aliphatic carbocycles. The Hall–Kier alpha value is -3.19. The van der Waals surface area contributed by atoms with Gasteiger partial charge in [0.15, 0.2) is 0 Å². The van der Waals surface area contributed by atoms with Crippen LogP contribution in [0.1, 0.15) is 16.7 Å². The highest BCUT2D eigenvalue weighted by atomic mass is 35.5. The highest BCUT2D eigenvalue weighted by molar-refractivity contribution is 7.81. The maximum absolute atomic E-state index is 12.2. The predicted molar refractivity (Wildman–Crippen MR) is 135 cm³/mol. The van der Waals surface area contributed by atoms with Gasteiger partial charge in [0.05, 0.1) is 17.8 Å². The van der Waals surface area contributed by atoms with E-state index in [4.69, 9.17) is 11.6 Å². The number of anilines is 2. The lowest BCUT2D eigenvalue weighted by Crippen LogP contribution is -2.20. The monoisotopic (exact) mass is 479 g/mol. The van der Waals surface area contributed by atoms with Gasteiger partial charge >= 0.3 is 5.97 Å². The van der Waals surface area contributed by atoms with Gasteiger partial charge in [-0.05, 0) is 82.8 Å². The first-order valence-corrected chi connectivity index (χ1v) is 11.7. The van der Waals surface area contributed by atoms with E-state index in [0.29, 0.717) is 16.4 Å². The van der Waals surface area contributed by atoms with Crippen molar-refractivity contribution in [1.29, 1.82) is 0 Å². The largest absolute Gasteiger partial charge is 0.481 e. The molecule has 0 amide bonds. The number of carboxylic acids is 1. The normalized spacial score (nSPS) is 12.0. The van der Waals surface area contributed by atoms with Crippen molar-refractivity contribution in [1.82, 2.24) is 0 Å². The highest BCUT2D eigenvalue weighted by Crippen LogP contribution is 2.38. The zero-order valence-electron chi connectivity index (χ0n) is 18.1. The number of hydrogen-bond donors (Lipinski definition) is 2. The third kappa shape index (κ3) is 4.64. The molecule has 0 aromatic heterocycles. The summed E-state index contributed by atoms with van der Waals surface area (Å²) in [5.74, 6) is -0.896. The molecule has 0 fully saturated rings. The first-order chi connectivity index (χ1) is 15.8. The molecule has 7 heteroatoms. The fraction of sp³-hybridized carbons (Fsp3) is 0.115. The van der Waals surface area contributed by atoms with Crippen molar-refractivity contribution in [3.05, 3.63) is 94.5 Å². The van der Waals surface area contributed by atoms with Crippen molar-refractivity contribution in [3.8, 4) is 11.1 Å². The van der Waals surface area contributed by atoms with E-state index in [2.05, 4.69) is 0 Å². The van der Waals surface area contributed by atoms with Crippen molar-refractivity contribution in [2.24, 2.45) is 0 Å². The number of fused-ring (bicyclic) bond motifs is 1. The van der Waals surface area contributed by atoms with Crippen LogP contribution in [0, 0.1) is 13.8 Å². The van der Waals surface area contributed by atoms with Gasteiger partial charge in [0, 0.05) is 5.02 Å². The maximum atomic E-state index is 12.2. The molecule has 0 aliphatic heterocycles. The van der Waals surface area contributed by atoms with E-state index in [1.54, 1.807) is 24.3 Å². The second-order valence-electron chi connectivity index (χ2n) is 7.83. The van der Waals surface area contributed by atoms with Crippen LogP contribution in [0.4, 0.5) is 11.4 Å². The van der Waals surface area contributed by atoms with E-state index in [0.717, 1.165) is 38.6 Å². The van der Waals surface area contributed by atoms with Gasteiger partial charge in [0.2, 0.25) is 0 Å². The van der Waals surface area contributed by atoms with Crippen LogP contribution < -0.4 is 4.31 Å². The molecular weight excluding hydrogens is 458 g/mol. The minimum atomic E-state index is -2.26. The predicted octanol–water partition coefficient (Wildman–Crippen LogP) is 6.68. The van der Waals surface area contributed by atoms with E-state index < -0.39 is 17.2 Å². The van der Waals surface area contributed by atoms with E-state index in [9.17, 15) is 18.7 Å². The Morgan fingerprint density at radius 3 is 2.33 bits per heavy atom. The molecule has 5 nitrogen and oxygen atoms in total. The lowest BCUT2D eigenvalue weighted by Gasteiger charge is -2.22. The molecule has 0 aliphatic rings. The average molecular weight is 480 g/mol. The van der Waals surface area contributed by atoms with E-state index >= 15 is 0 Å². The summed E-state index contributed by atoms with van der Waals surface area (Å²) in [6, 6.07) is 22.1. The summed E-state index contributed by atoms with van der Waals surface area (Å²) in [6.07, 6.45) is -0.0833. The standard InChI is InChI=1S/C26H22ClNO4S/c1-16-5-3-4-6-24(16)28(33(31)32)22-11-8-18(9-12-22)26-17(2)20(14-25(29)30)13-19-7-10-21(27)15-23(19)26/h3-13,15H,14H2,1-2H3,(H,29,30)(H,31,32). The molecule has 0 radical (unpaired) electrons. The molecule has 1 atom stereocenters. The van der Waals surface area contributed by atoms with Crippen LogP contribution >= 0.6 is 11.6 Å². The molecule has 4 aromatic rings. The summed E-state index contributed by atoms with van der Waals surface area (Å²) in [5, 5.41) is 11.8. The number of rotatable bonds is 6. The second-order valence-corrected chi connectivity index (χ2v) is 9.09. The Morgan fingerprint density at radius 2 is 1.70 bits per heavy atom. The molecule has 0 spiro atoms. The van der Waals surface area contributed by atoms with Crippen LogP contribution in [0.25, 0.3) is 21.9 Å². The summed E-state index contributed by atoms with van der Waals surface area (Å²) < 4.78 is 23.5. The van der Waals surface area contributed by atoms with Crippen LogP contribution in [0.5, 0.6) is 0 Å². The van der Waals surface area contributed by atoms with Gasteiger partial charge in [-0.2, -0.15) is 0 Å². The summed E-state index contributed by atoms with van der Waals surface area (Å²) in [6.45, 7) is 3.79. The summed E-state index contributed by atoms with van der Waals surface area (Å²) >= 11 is 4.02. The number of aryl methyl sites for hydroxylation is 1. The smallest absolute Gasteiger partial charge is 0.307 e. The molecule has 168 valence electrons. The Balaban J connectivity index is 1.86. The van der Waals surface area contributed by atoms with Gasteiger partial charge in [0.1, 0.15) is 0 Å². The van der Waals surface area contributed by atoms with Gasteiger partial charge in [-0.1, -0.05) is 54.1 Å². The summed E-state index contributed by atoms with van der Waals surface area (Å²) in [7, 11) is 0. The third-order valence-electron chi connectivity index (χ3n) is 5.69. The van der Waals surface area contributed by atoms with E-state index in [1.165, 1.54) is 4.31 Å². The first-order valence-electron chi connectivity index (χ1n) is 10.3. The second kappa shape index (κ2) is 9.35. The van der Waals surface area contributed by atoms with E-state index in [-0.39, 0.29) is 6.42 Å². The van der Waals surface area contributed by atoms with Crippen molar-refractivity contribution >= 4 is 51.0 Å². The zero-order chi connectivity index (χ0) is 23.7.